The summed E-state index contributed by atoms with van der Waals surface area (Å²) in [6, 6.07) is 3.08. The monoisotopic (exact) mass is 365 g/mol. The fourth-order valence-electron chi connectivity index (χ4n) is 3.49. The van der Waals surface area contributed by atoms with Crippen LogP contribution in [0.25, 0.3) is 0 Å². The van der Waals surface area contributed by atoms with Crippen LogP contribution in [0, 0.1) is 5.92 Å². The molecule has 2 aromatic rings. The normalized spacial score (nSPS) is 23.6. The molecule has 3 fully saturated rings. The second-order valence-corrected chi connectivity index (χ2v) is 6.66. The zero-order valence-electron chi connectivity index (χ0n) is 13.4. The van der Waals surface area contributed by atoms with Gasteiger partial charge in [0.2, 0.25) is 6.41 Å². The molecule has 0 unspecified atom stereocenters. The molecule has 3 saturated carbocycles. The molecule has 7 nitrogen and oxygen atoms in total. The molecule has 0 saturated heterocycles. The first kappa shape index (κ1) is 16.6. The number of hydrogen-bond acceptors (Lipinski definition) is 4. The summed E-state index contributed by atoms with van der Waals surface area (Å²) in [5, 5.41) is 9.17. The van der Waals surface area contributed by atoms with E-state index in [0.717, 1.165) is 31.4 Å². The standard InChI is InChI=1S/C16H14F3N5O2/c17-16(18,19)12-3-1-2-10(21-12)14(26)22-11-7-24(23-13(11)20-8-25)15-4-9(5-15)6-15/h1-3,7-9H,4-6H2,(H,22,26)(H,20,23,25). The fraction of sp³-hybridized carbons (Fsp3) is 0.375. The molecule has 2 N–H and O–H groups in total. The zero-order valence-corrected chi connectivity index (χ0v) is 13.4. The van der Waals surface area contributed by atoms with Crippen LogP contribution < -0.4 is 10.6 Å². The third-order valence-corrected chi connectivity index (χ3v) is 4.92. The number of hydrogen-bond donors (Lipinski definition) is 2. The van der Waals surface area contributed by atoms with Crippen molar-refractivity contribution in [3.8, 4) is 0 Å². The van der Waals surface area contributed by atoms with Crippen LogP contribution >= 0.6 is 0 Å². The van der Waals surface area contributed by atoms with Crippen molar-refractivity contribution in [2.24, 2.45) is 5.92 Å². The Balaban J connectivity index is 1.58. The van der Waals surface area contributed by atoms with Crippen LogP contribution in [-0.2, 0) is 16.5 Å². The number of halogens is 3. The van der Waals surface area contributed by atoms with E-state index in [9.17, 15) is 22.8 Å². The molecule has 2 bridgehead atoms. The predicted octanol–water partition coefficient (Wildman–Crippen LogP) is 2.63. The van der Waals surface area contributed by atoms with Crippen LogP contribution in [0.4, 0.5) is 24.7 Å². The fourth-order valence-corrected chi connectivity index (χ4v) is 3.49. The Morgan fingerprint density at radius 2 is 2.04 bits per heavy atom. The van der Waals surface area contributed by atoms with Crippen LogP contribution in [0.3, 0.4) is 0 Å². The average molecular weight is 365 g/mol. The van der Waals surface area contributed by atoms with Gasteiger partial charge in [-0.15, -0.1) is 0 Å². The highest BCUT2D eigenvalue weighted by Crippen LogP contribution is 2.62. The molecule has 26 heavy (non-hydrogen) atoms. The van der Waals surface area contributed by atoms with Crippen molar-refractivity contribution < 1.29 is 22.8 Å². The first-order valence-corrected chi connectivity index (χ1v) is 7.97. The van der Waals surface area contributed by atoms with E-state index in [4.69, 9.17) is 0 Å². The van der Waals surface area contributed by atoms with E-state index in [2.05, 4.69) is 20.7 Å². The van der Waals surface area contributed by atoms with Crippen molar-refractivity contribution in [1.82, 2.24) is 14.8 Å². The number of aromatic nitrogens is 3. The molecule has 2 heterocycles. The van der Waals surface area contributed by atoms with E-state index in [1.165, 1.54) is 6.07 Å². The number of carbonyl (C=O) groups is 2. The third-order valence-electron chi connectivity index (χ3n) is 4.92. The average Bonchev–Trinajstić information content (AvgIpc) is 2.86. The molecule has 2 amide bonds. The minimum Gasteiger partial charge on any atom is -0.316 e. The second kappa shape index (κ2) is 5.55. The molecule has 10 heteroatoms. The highest BCUT2D eigenvalue weighted by molar-refractivity contribution is 6.04. The van der Waals surface area contributed by atoms with E-state index in [1.807, 2.05) is 0 Å². The van der Waals surface area contributed by atoms with E-state index >= 15 is 0 Å². The Kier molecular flexibility index (Phi) is 3.53. The molecule has 3 aliphatic carbocycles. The molecule has 2 aromatic heterocycles. The Labute approximate surface area is 145 Å². The summed E-state index contributed by atoms with van der Waals surface area (Å²) in [4.78, 5) is 26.4. The second-order valence-electron chi connectivity index (χ2n) is 6.66. The van der Waals surface area contributed by atoms with Crippen LogP contribution in [-0.4, -0.2) is 27.1 Å². The van der Waals surface area contributed by atoms with Crippen molar-refractivity contribution in [2.75, 3.05) is 10.6 Å². The lowest BCUT2D eigenvalue weighted by Crippen LogP contribution is -2.59. The SMILES string of the molecule is O=CNc1nn(C23CC(C2)C3)cc1NC(=O)c1cccc(C(F)(F)F)n1. The highest BCUT2D eigenvalue weighted by atomic mass is 19.4. The topological polar surface area (TPSA) is 88.9 Å². The first-order valence-electron chi connectivity index (χ1n) is 7.97. The van der Waals surface area contributed by atoms with Crippen molar-refractivity contribution in [2.45, 2.75) is 31.0 Å². The van der Waals surface area contributed by atoms with Crippen LogP contribution in [0.5, 0.6) is 0 Å². The molecule has 136 valence electrons. The number of rotatable bonds is 5. The maximum atomic E-state index is 12.8. The maximum Gasteiger partial charge on any atom is 0.433 e. The Morgan fingerprint density at radius 3 is 2.62 bits per heavy atom. The van der Waals surface area contributed by atoms with Gasteiger partial charge in [-0.3, -0.25) is 14.3 Å². The quantitative estimate of drug-likeness (QED) is 0.798. The number of anilines is 2. The van der Waals surface area contributed by atoms with E-state index < -0.39 is 17.8 Å². The van der Waals surface area contributed by atoms with Gasteiger partial charge >= 0.3 is 6.18 Å². The van der Waals surface area contributed by atoms with Gasteiger partial charge in [-0.05, 0) is 37.3 Å². The van der Waals surface area contributed by atoms with Crippen molar-refractivity contribution in [3.05, 3.63) is 35.8 Å². The zero-order chi connectivity index (χ0) is 18.5. The van der Waals surface area contributed by atoms with Gasteiger partial charge < -0.3 is 10.6 Å². The number of nitrogens with one attached hydrogen (secondary N) is 2. The van der Waals surface area contributed by atoms with Crippen LogP contribution in [0.15, 0.2) is 24.4 Å². The number of amides is 2. The number of carbonyl (C=O) groups excluding carboxylic acids is 2. The molecule has 0 atom stereocenters. The molecule has 0 aromatic carbocycles. The number of nitrogens with zero attached hydrogens (tertiary/aromatic N) is 3. The summed E-state index contributed by atoms with van der Waals surface area (Å²) in [6.07, 6.45) is 0.364. The van der Waals surface area contributed by atoms with Crippen molar-refractivity contribution in [1.29, 1.82) is 0 Å². The van der Waals surface area contributed by atoms with Crippen molar-refractivity contribution in [3.63, 3.8) is 0 Å². The molecule has 5 rings (SSSR count). The summed E-state index contributed by atoms with van der Waals surface area (Å²) >= 11 is 0. The lowest BCUT2D eigenvalue weighted by atomic mass is 9.50. The predicted molar refractivity (Wildman–Crippen MR) is 84.4 cm³/mol. The van der Waals surface area contributed by atoms with Gasteiger partial charge in [0.05, 0.1) is 11.7 Å². The maximum absolute atomic E-state index is 12.8. The third kappa shape index (κ3) is 2.61. The molecular formula is C16H14F3N5O2. The van der Waals surface area contributed by atoms with E-state index in [-0.39, 0.29) is 22.7 Å². The van der Waals surface area contributed by atoms with Gasteiger partial charge in [-0.25, -0.2) is 4.98 Å². The Morgan fingerprint density at radius 1 is 1.31 bits per heavy atom. The molecule has 3 aliphatic rings. The number of pyridine rings is 1. The van der Waals surface area contributed by atoms with Crippen molar-refractivity contribution >= 4 is 23.8 Å². The summed E-state index contributed by atoms with van der Waals surface area (Å²) in [5.41, 5.74) is -1.39. The lowest BCUT2D eigenvalue weighted by Gasteiger charge is -2.61. The van der Waals surface area contributed by atoms with Gasteiger partial charge in [-0.2, -0.15) is 18.3 Å². The van der Waals surface area contributed by atoms with Gasteiger partial charge in [0.25, 0.3) is 5.91 Å². The smallest absolute Gasteiger partial charge is 0.316 e. The highest BCUT2D eigenvalue weighted by Gasteiger charge is 2.58. The van der Waals surface area contributed by atoms with Gasteiger partial charge in [0.15, 0.2) is 5.82 Å². The largest absolute Gasteiger partial charge is 0.433 e. The van der Waals surface area contributed by atoms with Crippen LogP contribution in [0.2, 0.25) is 0 Å². The molecular weight excluding hydrogens is 351 g/mol. The van der Waals surface area contributed by atoms with E-state index in [1.54, 1.807) is 10.9 Å². The number of alkyl halides is 3. The summed E-state index contributed by atoms with van der Waals surface area (Å²) < 4.78 is 40.0. The summed E-state index contributed by atoms with van der Waals surface area (Å²) in [7, 11) is 0. The summed E-state index contributed by atoms with van der Waals surface area (Å²) in [6.45, 7) is 0. The molecule has 0 radical (unpaired) electrons. The first-order chi connectivity index (χ1) is 12.3. The molecule has 0 spiro atoms. The Hall–Kier alpha value is -2.91. The lowest BCUT2D eigenvalue weighted by molar-refractivity contribution is -0.141. The van der Waals surface area contributed by atoms with Gasteiger partial charge in [-0.1, -0.05) is 6.07 Å². The molecule has 0 aliphatic heterocycles. The Bertz CT molecular complexity index is 875. The van der Waals surface area contributed by atoms with Gasteiger partial charge in [0, 0.05) is 0 Å². The minimum atomic E-state index is -4.64. The van der Waals surface area contributed by atoms with Crippen LogP contribution in [0.1, 0.15) is 35.4 Å². The summed E-state index contributed by atoms with van der Waals surface area (Å²) in [5.74, 6) is 0.0290. The minimum absolute atomic E-state index is 0.0680. The van der Waals surface area contributed by atoms with Gasteiger partial charge in [0.1, 0.15) is 17.1 Å². The van der Waals surface area contributed by atoms with E-state index in [0.29, 0.717) is 12.3 Å².